The second-order valence-corrected chi connectivity index (χ2v) is 6.38. The summed E-state index contributed by atoms with van der Waals surface area (Å²) in [4.78, 5) is 26.6. The monoisotopic (exact) mass is 347 g/mol. The maximum atomic E-state index is 12.7. The number of ether oxygens (including phenoxy) is 1. The molecule has 0 radical (unpaired) electrons. The van der Waals surface area contributed by atoms with Crippen molar-refractivity contribution in [3.8, 4) is 0 Å². The first-order valence-electron chi connectivity index (χ1n) is 9.10. The van der Waals surface area contributed by atoms with E-state index in [4.69, 9.17) is 10.5 Å². The second kappa shape index (κ2) is 10.2. The van der Waals surface area contributed by atoms with Crippen molar-refractivity contribution >= 4 is 17.5 Å². The van der Waals surface area contributed by atoms with Gasteiger partial charge in [-0.15, -0.1) is 0 Å². The Kier molecular flexibility index (Phi) is 7.88. The van der Waals surface area contributed by atoms with Crippen LogP contribution in [-0.2, 0) is 9.53 Å². The first-order valence-corrected chi connectivity index (χ1v) is 9.10. The normalized spacial score (nSPS) is 14.4. The van der Waals surface area contributed by atoms with E-state index in [-0.39, 0.29) is 11.8 Å². The van der Waals surface area contributed by atoms with Gasteiger partial charge < -0.3 is 20.7 Å². The number of hydrogen-bond donors (Lipinski definition) is 2. The van der Waals surface area contributed by atoms with Gasteiger partial charge in [0.15, 0.2) is 0 Å². The second-order valence-electron chi connectivity index (χ2n) is 6.38. The fourth-order valence-electron chi connectivity index (χ4n) is 2.94. The number of nitrogens with zero attached hydrogens (tertiary/aromatic N) is 1. The summed E-state index contributed by atoms with van der Waals surface area (Å²) in [6.07, 6.45) is 4.43. The molecular formula is C19H29N3O3. The lowest BCUT2D eigenvalue weighted by atomic mass is 10.0. The molecule has 2 amide bonds. The van der Waals surface area contributed by atoms with Crippen LogP contribution in [0.5, 0.6) is 0 Å². The first-order chi connectivity index (χ1) is 12.1. The molecule has 0 unspecified atom stereocenters. The Labute approximate surface area is 149 Å². The molecular weight excluding hydrogens is 318 g/mol. The summed E-state index contributed by atoms with van der Waals surface area (Å²) in [5, 5.41) is 2.94. The van der Waals surface area contributed by atoms with Crippen molar-refractivity contribution in [2.75, 3.05) is 38.2 Å². The summed E-state index contributed by atoms with van der Waals surface area (Å²) in [5.41, 5.74) is 7.64. The van der Waals surface area contributed by atoms with E-state index in [0.29, 0.717) is 50.5 Å². The molecule has 25 heavy (non-hydrogen) atoms. The Bertz CT molecular complexity index is 583. The molecule has 6 heteroatoms. The molecule has 1 aliphatic rings. The zero-order valence-corrected chi connectivity index (χ0v) is 15.1. The van der Waals surface area contributed by atoms with Crippen molar-refractivity contribution in [3.05, 3.63) is 29.3 Å². The summed E-state index contributed by atoms with van der Waals surface area (Å²) < 4.78 is 5.30. The summed E-state index contributed by atoms with van der Waals surface area (Å²) >= 11 is 0. The third-order valence-electron chi connectivity index (χ3n) is 4.49. The van der Waals surface area contributed by atoms with Crippen molar-refractivity contribution in [1.82, 2.24) is 4.90 Å². The van der Waals surface area contributed by atoms with E-state index in [1.165, 1.54) is 0 Å². The summed E-state index contributed by atoms with van der Waals surface area (Å²) in [5.74, 6) is -0.00879. The molecule has 1 aromatic rings. The number of carbonyl (C=O) groups is 2. The average Bonchev–Trinajstić information content (AvgIpc) is 2.63. The average molecular weight is 347 g/mol. The van der Waals surface area contributed by atoms with Crippen LogP contribution < -0.4 is 11.1 Å². The molecule has 0 spiro atoms. The van der Waals surface area contributed by atoms with Gasteiger partial charge in [-0.1, -0.05) is 18.9 Å². The third-order valence-corrected chi connectivity index (χ3v) is 4.49. The largest absolute Gasteiger partial charge is 0.378 e. The van der Waals surface area contributed by atoms with Gasteiger partial charge in [-0.2, -0.15) is 0 Å². The highest BCUT2D eigenvalue weighted by Gasteiger charge is 2.21. The molecule has 0 aromatic heterocycles. The standard InChI is InChI=1S/C19H29N3O3/c1-15-16(19(24)22-11-13-25-14-12-22)7-6-8-17(15)21-18(23)9-4-2-3-5-10-20/h6-8H,2-5,9-14,20H2,1H3,(H,21,23). The number of nitrogens with one attached hydrogen (secondary N) is 1. The summed E-state index contributed by atoms with van der Waals surface area (Å²) in [7, 11) is 0. The van der Waals surface area contributed by atoms with Crippen LogP contribution >= 0.6 is 0 Å². The van der Waals surface area contributed by atoms with Crippen LogP contribution in [0.4, 0.5) is 5.69 Å². The zero-order valence-electron chi connectivity index (χ0n) is 15.1. The molecule has 0 atom stereocenters. The highest BCUT2D eigenvalue weighted by molar-refractivity contribution is 5.99. The topological polar surface area (TPSA) is 84.7 Å². The molecule has 3 N–H and O–H groups in total. The molecule has 1 aromatic carbocycles. The molecule has 1 fully saturated rings. The minimum absolute atomic E-state index is 0.00122. The van der Waals surface area contributed by atoms with Gasteiger partial charge in [0.2, 0.25) is 5.91 Å². The van der Waals surface area contributed by atoms with Crippen molar-refractivity contribution in [1.29, 1.82) is 0 Å². The van der Waals surface area contributed by atoms with Crippen LogP contribution in [0.15, 0.2) is 18.2 Å². The fourth-order valence-corrected chi connectivity index (χ4v) is 2.94. The zero-order chi connectivity index (χ0) is 18.1. The molecule has 0 bridgehead atoms. The van der Waals surface area contributed by atoms with Crippen LogP contribution in [0.2, 0.25) is 0 Å². The van der Waals surface area contributed by atoms with E-state index in [1.807, 2.05) is 25.1 Å². The molecule has 1 heterocycles. The van der Waals surface area contributed by atoms with Crippen molar-refractivity contribution in [2.45, 2.75) is 39.0 Å². The van der Waals surface area contributed by atoms with Crippen LogP contribution in [0.1, 0.15) is 48.0 Å². The summed E-state index contributed by atoms with van der Waals surface area (Å²) in [6.45, 7) is 4.95. The number of benzene rings is 1. The van der Waals surface area contributed by atoms with E-state index in [0.717, 1.165) is 31.2 Å². The van der Waals surface area contributed by atoms with Gasteiger partial charge in [-0.25, -0.2) is 0 Å². The van der Waals surface area contributed by atoms with Gasteiger partial charge >= 0.3 is 0 Å². The predicted molar refractivity (Wildman–Crippen MR) is 98.7 cm³/mol. The highest BCUT2D eigenvalue weighted by atomic mass is 16.5. The Morgan fingerprint density at radius 1 is 1.16 bits per heavy atom. The SMILES string of the molecule is Cc1c(NC(=O)CCCCCCN)cccc1C(=O)N1CCOCC1. The minimum Gasteiger partial charge on any atom is -0.378 e. The Hall–Kier alpha value is -1.92. The Balaban J connectivity index is 1.93. The van der Waals surface area contributed by atoms with Crippen LogP contribution in [0.25, 0.3) is 0 Å². The van der Waals surface area contributed by atoms with Crippen LogP contribution in [0, 0.1) is 6.92 Å². The van der Waals surface area contributed by atoms with Crippen molar-refractivity contribution in [3.63, 3.8) is 0 Å². The van der Waals surface area contributed by atoms with Gasteiger partial charge in [0.05, 0.1) is 13.2 Å². The molecule has 2 rings (SSSR count). The van der Waals surface area contributed by atoms with E-state index in [2.05, 4.69) is 5.32 Å². The highest BCUT2D eigenvalue weighted by Crippen LogP contribution is 2.21. The number of unbranched alkanes of at least 4 members (excludes halogenated alkanes) is 3. The number of hydrogen-bond acceptors (Lipinski definition) is 4. The van der Waals surface area contributed by atoms with E-state index in [1.54, 1.807) is 4.90 Å². The fraction of sp³-hybridized carbons (Fsp3) is 0.579. The van der Waals surface area contributed by atoms with E-state index < -0.39 is 0 Å². The number of anilines is 1. The lowest BCUT2D eigenvalue weighted by Gasteiger charge is -2.27. The number of rotatable bonds is 8. The van der Waals surface area contributed by atoms with Gasteiger partial charge in [-0.05, 0) is 44.0 Å². The maximum Gasteiger partial charge on any atom is 0.254 e. The quantitative estimate of drug-likeness (QED) is 0.707. The first kappa shape index (κ1) is 19.4. The van der Waals surface area contributed by atoms with E-state index in [9.17, 15) is 9.59 Å². The summed E-state index contributed by atoms with van der Waals surface area (Å²) in [6, 6.07) is 5.48. The van der Waals surface area contributed by atoms with Crippen LogP contribution in [-0.4, -0.2) is 49.6 Å². The van der Waals surface area contributed by atoms with E-state index >= 15 is 0 Å². The number of amides is 2. The van der Waals surface area contributed by atoms with Crippen molar-refractivity contribution in [2.24, 2.45) is 5.73 Å². The number of carbonyl (C=O) groups excluding carboxylic acids is 2. The lowest BCUT2D eigenvalue weighted by molar-refractivity contribution is -0.116. The molecule has 1 aliphatic heterocycles. The number of morpholine rings is 1. The minimum atomic E-state index is -0.00757. The van der Waals surface area contributed by atoms with Crippen LogP contribution in [0.3, 0.4) is 0 Å². The maximum absolute atomic E-state index is 12.7. The molecule has 0 saturated carbocycles. The number of nitrogens with two attached hydrogens (primary N) is 1. The van der Waals surface area contributed by atoms with Gasteiger partial charge in [0, 0.05) is 30.8 Å². The Morgan fingerprint density at radius 2 is 1.88 bits per heavy atom. The third kappa shape index (κ3) is 5.83. The predicted octanol–water partition coefficient (Wildman–Crippen LogP) is 2.32. The van der Waals surface area contributed by atoms with Gasteiger partial charge in [-0.3, -0.25) is 9.59 Å². The molecule has 6 nitrogen and oxygen atoms in total. The molecule has 138 valence electrons. The Morgan fingerprint density at radius 3 is 2.60 bits per heavy atom. The smallest absolute Gasteiger partial charge is 0.254 e. The van der Waals surface area contributed by atoms with Crippen molar-refractivity contribution < 1.29 is 14.3 Å². The lowest BCUT2D eigenvalue weighted by Crippen LogP contribution is -2.41. The van der Waals surface area contributed by atoms with Gasteiger partial charge in [0.25, 0.3) is 5.91 Å². The molecule has 0 aliphatic carbocycles. The van der Waals surface area contributed by atoms with Gasteiger partial charge in [0.1, 0.15) is 0 Å². The molecule has 1 saturated heterocycles.